The van der Waals surface area contributed by atoms with E-state index >= 15 is 0 Å². The smallest absolute Gasteiger partial charge is 0.359 e. The SMILES string of the molecule is C=CC(=O)NCCNC(=O)NCC[N+](C)(C)CC(=O)O. The van der Waals surface area contributed by atoms with Crippen LogP contribution in [0.15, 0.2) is 12.7 Å². The maximum atomic E-state index is 11.4. The molecule has 0 aromatic heterocycles. The molecule has 0 unspecified atom stereocenters. The predicted octanol–water partition coefficient (Wildman–Crippen LogP) is -1.25. The Hall–Kier alpha value is -2.09. The van der Waals surface area contributed by atoms with Crippen molar-refractivity contribution in [1.82, 2.24) is 16.0 Å². The standard InChI is InChI=1S/C12H22N4O4/c1-4-10(17)13-5-6-14-12(20)15-7-8-16(2,3)9-11(18)19/h4H,1,5-9H2,2-3H3,(H3-,13,14,15,17,18,19,20)/p+1. The summed E-state index contributed by atoms with van der Waals surface area (Å²) >= 11 is 0. The van der Waals surface area contributed by atoms with Crippen LogP contribution < -0.4 is 16.0 Å². The van der Waals surface area contributed by atoms with Gasteiger partial charge in [0.15, 0.2) is 6.54 Å². The van der Waals surface area contributed by atoms with E-state index in [9.17, 15) is 14.4 Å². The molecular weight excluding hydrogens is 264 g/mol. The van der Waals surface area contributed by atoms with E-state index in [1.165, 1.54) is 0 Å². The Balaban J connectivity index is 3.70. The number of likely N-dealkylation sites (N-methyl/N-ethyl adjacent to an activating group) is 1. The number of amides is 3. The molecule has 8 heteroatoms. The van der Waals surface area contributed by atoms with Crippen molar-refractivity contribution in [1.29, 1.82) is 0 Å². The fourth-order valence-electron chi connectivity index (χ4n) is 1.41. The molecule has 0 rings (SSSR count). The molecule has 0 radical (unpaired) electrons. The molecule has 0 spiro atoms. The van der Waals surface area contributed by atoms with Crippen LogP contribution in [0.4, 0.5) is 4.79 Å². The fraction of sp³-hybridized carbons (Fsp3) is 0.583. The van der Waals surface area contributed by atoms with E-state index in [1.807, 2.05) is 0 Å². The van der Waals surface area contributed by atoms with Gasteiger partial charge in [-0.05, 0) is 6.08 Å². The minimum atomic E-state index is -0.877. The normalized spacial score (nSPS) is 10.5. The van der Waals surface area contributed by atoms with E-state index in [1.54, 1.807) is 14.1 Å². The van der Waals surface area contributed by atoms with Crippen molar-refractivity contribution in [3.05, 3.63) is 12.7 Å². The maximum absolute atomic E-state index is 11.4. The lowest BCUT2D eigenvalue weighted by Crippen LogP contribution is -2.49. The first kappa shape index (κ1) is 17.9. The highest BCUT2D eigenvalue weighted by Gasteiger charge is 2.19. The van der Waals surface area contributed by atoms with E-state index in [-0.39, 0.29) is 23.0 Å². The van der Waals surface area contributed by atoms with Crippen molar-refractivity contribution in [3.8, 4) is 0 Å². The summed E-state index contributed by atoms with van der Waals surface area (Å²) in [6.07, 6.45) is 1.16. The van der Waals surface area contributed by atoms with Gasteiger partial charge in [0.2, 0.25) is 5.91 Å². The molecule has 8 nitrogen and oxygen atoms in total. The molecule has 3 amide bonds. The van der Waals surface area contributed by atoms with Crippen LogP contribution in [0.5, 0.6) is 0 Å². The first-order valence-electron chi connectivity index (χ1n) is 6.22. The predicted molar refractivity (Wildman–Crippen MR) is 74.1 cm³/mol. The summed E-state index contributed by atoms with van der Waals surface area (Å²) in [4.78, 5) is 32.8. The summed E-state index contributed by atoms with van der Waals surface area (Å²) in [5.74, 6) is -1.17. The summed E-state index contributed by atoms with van der Waals surface area (Å²) in [5.41, 5.74) is 0. The number of aliphatic carboxylic acids is 1. The first-order chi connectivity index (χ1) is 9.26. The Morgan fingerprint density at radius 2 is 1.65 bits per heavy atom. The van der Waals surface area contributed by atoms with Crippen LogP contribution in [0, 0.1) is 0 Å². The Bertz CT molecular complexity index is 368. The molecule has 0 saturated carbocycles. The molecule has 0 heterocycles. The number of hydrogen-bond acceptors (Lipinski definition) is 3. The van der Waals surface area contributed by atoms with E-state index in [0.29, 0.717) is 26.2 Å². The Morgan fingerprint density at radius 1 is 1.10 bits per heavy atom. The van der Waals surface area contributed by atoms with Gasteiger partial charge in [0.05, 0.1) is 27.2 Å². The molecule has 0 saturated heterocycles. The molecule has 0 aliphatic rings. The van der Waals surface area contributed by atoms with Crippen LogP contribution in [-0.2, 0) is 9.59 Å². The average molecular weight is 287 g/mol. The summed E-state index contributed by atoms with van der Waals surface area (Å²) in [7, 11) is 3.55. The highest BCUT2D eigenvalue weighted by molar-refractivity contribution is 5.86. The van der Waals surface area contributed by atoms with Gasteiger partial charge in [-0.15, -0.1) is 0 Å². The van der Waals surface area contributed by atoms with Crippen LogP contribution in [0.2, 0.25) is 0 Å². The van der Waals surface area contributed by atoms with E-state index in [0.717, 1.165) is 6.08 Å². The van der Waals surface area contributed by atoms with E-state index in [4.69, 9.17) is 5.11 Å². The molecule has 0 aliphatic heterocycles. The molecule has 0 aliphatic carbocycles. The Morgan fingerprint density at radius 3 is 2.20 bits per heavy atom. The van der Waals surface area contributed by atoms with Crippen molar-refractivity contribution in [2.45, 2.75) is 0 Å². The van der Waals surface area contributed by atoms with Crippen molar-refractivity contribution in [2.24, 2.45) is 0 Å². The molecule has 0 aromatic rings. The third kappa shape index (κ3) is 9.89. The molecule has 114 valence electrons. The number of carbonyl (C=O) groups excluding carboxylic acids is 2. The zero-order valence-electron chi connectivity index (χ0n) is 11.9. The number of nitrogens with one attached hydrogen (secondary N) is 3. The molecule has 0 aromatic carbocycles. The monoisotopic (exact) mass is 287 g/mol. The van der Waals surface area contributed by atoms with Crippen molar-refractivity contribution < 1.29 is 24.0 Å². The number of urea groups is 1. The van der Waals surface area contributed by atoms with Crippen LogP contribution in [0.1, 0.15) is 0 Å². The number of rotatable bonds is 9. The van der Waals surface area contributed by atoms with Crippen LogP contribution in [-0.4, -0.2) is 74.3 Å². The lowest BCUT2D eigenvalue weighted by molar-refractivity contribution is -0.881. The largest absolute Gasteiger partial charge is 0.477 e. The zero-order chi connectivity index (χ0) is 15.6. The van der Waals surface area contributed by atoms with Crippen molar-refractivity contribution in [2.75, 3.05) is 46.8 Å². The van der Waals surface area contributed by atoms with Gasteiger partial charge in [0, 0.05) is 13.1 Å². The van der Waals surface area contributed by atoms with Gasteiger partial charge in [-0.2, -0.15) is 0 Å². The van der Waals surface area contributed by atoms with E-state index < -0.39 is 5.97 Å². The highest BCUT2D eigenvalue weighted by Crippen LogP contribution is 1.94. The second kappa shape index (κ2) is 8.92. The van der Waals surface area contributed by atoms with Crippen molar-refractivity contribution in [3.63, 3.8) is 0 Å². The lowest BCUT2D eigenvalue weighted by atomic mass is 10.4. The number of nitrogens with zero attached hydrogens (tertiary/aromatic N) is 1. The Labute approximate surface area is 118 Å². The fourth-order valence-corrected chi connectivity index (χ4v) is 1.41. The number of carboxylic acids is 1. The second-order valence-corrected chi connectivity index (χ2v) is 4.89. The topological polar surface area (TPSA) is 108 Å². The second-order valence-electron chi connectivity index (χ2n) is 4.89. The van der Waals surface area contributed by atoms with Crippen molar-refractivity contribution >= 4 is 17.9 Å². The van der Waals surface area contributed by atoms with Crippen LogP contribution in [0.25, 0.3) is 0 Å². The summed E-state index contributed by atoms with van der Waals surface area (Å²) in [5, 5.41) is 16.4. The maximum Gasteiger partial charge on any atom is 0.359 e. The first-order valence-corrected chi connectivity index (χ1v) is 6.22. The molecule has 0 bridgehead atoms. The summed E-state index contributed by atoms with van der Waals surface area (Å²) < 4.78 is 0.283. The van der Waals surface area contributed by atoms with E-state index in [2.05, 4.69) is 22.5 Å². The molecule has 0 atom stereocenters. The molecular formula is C12H23N4O4+. The third-order valence-electron chi connectivity index (χ3n) is 2.46. The van der Waals surface area contributed by atoms with Gasteiger partial charge in [0.25, 0.3) is 0 Å². The summed E-state index contributed by atoms with van der Waals surface area (Å²) in [6.45, 7) is 4.80. The summed E-state index contributed by atoms with van der Waals surface area (Å²) in [6, 6.07) is -0.354. The quantitative estimate of drug-likeness (QED) is 0.241. The van der Waals surface area contributed by atoms with Gasteiger partial charge in [-0.1, -0.05) is 6.58 Å². The van der Waals surface area contributed by atoms with Gasteiger partial charge in [-0.25, -0.2) is 9.59 Å². The Kier molecular flexibility index (Phi) is 7.98. The van der Waals surface area contributed by atoms with Gasteiger partial charge < -0.3 is 25.5 Å². The van der Waals surface area contributed by atoms with Crippen LogP contribution >= 0.6 is 0 Å². The minimum absolute atomic E-state index is 0.00309. The molecule has 0 fully saturated rings. The van der Waals surface area contributed by atoms with Gasteiger partial charge >= 0.3 is 12.0 Å². The third-order valence-corrected chi connectivity index (χ3v) is 2.46. The van der Waals surface area contributed by atoms with Gasteiger partial charge in [0.1, 0.15) is 0 Å². The number of carbonyl (C=O) groups is 3. The molecule has 4 N–H and O–H groups in total. The highest BCUT2D eigenvalue weighted by atomic mass is 16.4. The van der Waals surface area contributed by atoms with Gasteiger partial charge in [-0.3, -0.25) is 4.79 Å². The number of quaternary nitrogens is 1. The number of hydrogen-bond donors (Lipinski definition) is 4. The molecule has 20 heavy (non-hydrogen) atoms. The average Bonchev–Trinajstić information content (AvgIpc) is 2.32. The van der Waals surface area contributed by atoms with Crippen LogP contribution in [0.3, 0.4) is 0 Å². The minimum Gasteiger partial charge on any atom is -0.477 e. The zero-order valence-corrected chi connectivity index (χ0v) is 11.9. The number of carboxylic acid groups (broad SMARTS) is 1. The lowest BCUT2D eigenvalue weighted by Gasteiger charge is -2.27.